The summed E-state index contributed by atoms with van der Waals surface area (Å²) >= 11 is 0. The number of rotatable bonds is 6. The predicted molar refractivity (Wildman–Crippen MR) is 104 cm³/mol. The highest BCUT2D eigenvalue weighted by atomic mass is 32.2. The van der Waals surface area contributed by atoms with Gasteiger partial charge in [0.25, 0.3) is 0 Å². The summed E-state index contributed by atoms with van der Waals surface area (Å²) in [5, 5.41) is 7.85. The molecule has 3 aromatic rings. The number of fused-ring (bicyclic) bond motifs is 1. The molecule has 0 aliphatic heterocycles. The van der Waals surface area contributed by atoms with Crippen molar-refractivity contribution in [3.63, 3.8) is 0 Å². The fourth-order valence-corrected chi connectivity index (χ4v) is 3.29. The Labute approximate surface area is 157 Å². The average molecular weight is 387 g/mol. The number of benzene rings is 2. The topological polar surface area (TPSA) is 110 Å². The van der Waals surface area contributed by atoms with Crippen LogP contribution in [0, 0.1) is 0 Å². The number of sulfonamides is 1. The summed E-state index contributed by atoms with van der Waals surface area (Å²) in [6, 6.07) is 13.4. The summed E-state index contributed by atoms with van der Waals surface area (Å²) in [7, 11) is 0.122. The molecule has 0 unspecified atom stereocenters. The number of nitrogens with one attached hydrogen (secondary N) is 1. The van der Waals surface area contributed by atoms with Gasteiger partial charge in [0.05, 0.1) is 22.5 Å². The van der Waals surface area contributed by atoms with E-state index < -0.39 is 10.0 Å². The minimum absolute atomic E-state index is 0.00521. The van der Waals surface area contributed by atoms with Gasteiger partial charge in [-0.1, -0.05) is 12.1 Å². The molecule has 1 aromatic heterocycles. The zero-order valence-electron chi connectivity index (χ0n) is 15.1. The van der Waals surface area contributed by atoms with Crippen molar-refractivity contribution in [1.82, 2.24) is 14.5 Å². The van der Waals surface area contributed by atoms with E-state index >= 15 is 0 Å². The van der Waals surface area contributed by atoms with E-state index in [9.17, 15) is 13.2 Å². The van der Waals surface area contributed by atoms with Crippen molar-refractivity contribution >= 4 is 32.7 Å². The lowest BCUT2D eigenvalue weighted by Gasteiger charge is -2.13. The van der Waals surface area contributed by atoms with Crippen molar-refractivity contribution in [2.75, 3.05) is 19.4 Å². The monoisotopic (exact) mass is 387 g/mol. The molecule has 0 atom stereocenters. The minimum Gasteiger partial charge on any atom is -0.325 e. The predicted octanol–water partition coefficient (Wildman–Crippen LogP) is 1.38. The molecule has 142 valence electrons. The van der Waals surface area contributed by atoms with E-state index in [1.165, 1.54) is 24.3 Å². The van der Waals surface area contributed by atoms with Gasteiger partial charge in [0.1, 0.15) is 12.4 Å². The molecular weight excluding hydrogens is 366 g/mol. The Balaban J connectivity index is 1.81. The van der Waals surface area contributed by atoms with E-state index in [1.54, 1.807) is 0 Å². The molecular formula is C18H21N5O3S. The smallest absolute Gasteiger partial charge is 0.244 e. The number of carbonyl (C=O) groups excluding carboxylic acids is 1. The fourth-order valence-electron chi connectivity index (χ4n) is 2.78. The molecule has 0 radical (unpaired) electrons. The number of amides is 1. The maximum Gasteiger partial charge on any atom is 0.244 e. The van der Waals surface area contributed by atoms with E-state index in [-0.39, 0.29) is 17.3 Å². The maximum absolute atomic E-state index is 12.5. The van der Waals surface area contributed by atoms with E-state index in [4.69, 9.17) is 5.14 Å². The minimum atomic E-state index is -3.76. The Morgan fingerprint density at radius 2 is 1.81 bits per heavy atom. The molecule has 0 aliphatic rings. The molecule has 8 nitrogen and oxygen atoms in total. The number of hydrogen-bond acceptors (Lipinski definition) is 5. The second kappa shape index (κ2) is 7.47. The third-order valence-electron chi connectivity index (χ3n) is 3.96. The Bertz CT molecular complexity index is 1070. The van der Waals surface area contributed by atoms with E-state index in [0.29, 0.717) is 12.2 Å². The lowest BCUT2D eigenvalue weighted by molar-refractivity contribution is -0.116. The summed E-state index contributed by atoms with van der Waals surface area (Å²) in [4.78, 5) is 19.1. The summed E-state index contributed by atoms with van der Waals surface area (Å²) in [5.74, 6) is 0.558. The van der Waals surface area contributed by atoms with Crippen LogP contribution in [0.5, 0.6) is 0 Å². The first-order valence-electron chi connectivity index (χ1n) is 8.25. The summed E-state index contributed by atoms with van der Waals surface area (Å²) in [6.45, 7) is 0.700. The number of anilines is 1. The van der Waals surface area contributed by atoms with Gasteiger partial charge in [-0.15, -0.1) is 0 Å². The maximum atomic E-state index is 12.5. The van der Waals surface area contributed by atoms with Crippen LogP contribution in [0.25, 0.3) is 11.0 Å². The SMILES string of the molecule is CN(C)Cc1nc2ccccc2n1CC(=O)Nc1ccc(S(N)(=O)=O)cc1. The van der Waals surface area contributed by atoms with Crippen molar-refractivity contribution in [2.24, 2.45) is 5.14 Å². The third-order valence-corrected chi connectivity index (χ3v) is 4.89. The molecule has 0 spiro atoms. The largest absolute Gasteiger partial charge is 0.325 e. The van der Waals surface area contributed by atoms with E-state index in [0.717, 1.165) is 16.9 Å². The molecule has 3 rings (SSSR count). The van der Waals surface area contributed by atoms with Gasteiger partial charge in [-0.2, -0.15) is 0 Å². The normalized spacial score (nSPS) is 11.9. The highest BCUT2D eigenvalue weighted by Crippen LogP contribution is 2.18. The van der Waals surface area contributed by atoms with Crippen LogP contribution in [-0.4, -0.2) is 42.9 Å². The van der Waals surface area contributed by atoms with Crippen LogP contribution in [0.4, 0.5) is 5.69 Å². The summed E-state index contributed by atoms with van der Waals surface area (Å²) < 4.78 is 24.5. The molecule has 0 bridgehead atoms. The Hall–Kier alpha value is -2.75. The first-order valence-corrected chi connectivity index (χ1v) is 9.80. The van der Waals surface area contributed by atoms with Crippen LogP contribution in [0.15, 0.2) is 53.4 Å². The van der Waals surface area contributed by atoms with Gasteiger partial charge in [-0.05, 0) is 50.5 Å². The van der Waals surface area contributed by atoms with Crippen LogP contribution >= 0.6 is 0 Å². The molecule has 3 N–H and O–H groups in total. The first kappa shape index (κ1) is 19.0. The lowest BCUT2D eigenvalue weighted by Crippen LogP contribution is -2.22. The fraction of sp³-hybridized carbons (Fsp3) is 0.222. The number of nitrogens with two attached hydrogens (primary N) is 1. The van der Waals surface area contributed by atoms with Gasteiger partial charge in [-0.3, -0.25) is 4.79 Å². The molecule has 1 amide bonds. The van der Waals surface area contributed by atoms with Crippen molar-refractivity contribution in [3.8, 4) is 0 Å². The Kier molecular flexibility index (Phi) is 5.26. The highest BCUT2D eigenvalue weighted by Gasteiger charge is 2.14. The molecule has 0 fully saturated rings. The van der Waals surface area contributed by atoms with Gasteiger partial charge in [0.2, 0.25) is 15.9 Å². The second-order valence-electron chi connectivity index (χ2n) is 6.46. The average Bonchev–Trinajstić information content (AvgIpc) is 2.91. The number of imidazole rings is 1. The Morgan fingerprint density at radius 1 is 1.15 bits per heavy atom. The highest BCUT2D eigenvalue weighted by molar-refractivity contribution is 7.89. The molecule has 0 saturated heterocycles. The van der Waals surface area contributed by atoms with E-state index in [2.05, 4.69) is 10.3 Å². The van der Waals surface area contributed by atoms with Gasteiger partial charge in [-0.25, -0.2) is 18.5 Å². The molecule has 1 heterocycles. The number of nitrogens with zero attached hydrogens (tertiary/aromatic N) is 3. The zero-order chi connectivity index (χ0) is 19.6. The van der Waals surface area contributed by atoms with Crippen LogP contribution in [0.2, 0.25) is 0 Å². The zero-order valence-corrected chi connectivity index (χ0v) is 15.9. The van der Waals surface area contributed by atoms with Crippen LogP contribution in [0.3, 0.4) is 0 Å². The molecule has 0 aliphatic carbocycles. The van der Waals surface area contributed by atoms with Gasteiger partial charge < -0.3 is 14.8 Å². The van der Waals surface area contributed by atoms with Gasteiger partial charge >= 0.3 is 0 Å². The summed E-state index contributed by atoms with van der Waals surface area (Å²) in [5.41, 5.74) is 2.21. The van der Waals surface area contributed by atoms with E-state index in [1.807, 2.05) is 47.8 Å². The lowest BCUT2D eigenvalue weighted by atomic mass is 10.3. The van der Waals surface area contributed by atoms with Gasteiger partial charge in [0.15, 0.2) is 0 Å². The van der Waals surface area contributed by atoms with Crippen molar-refractivity contribution in [1.29, 1.82) is 0 Å². The molecule has 9 heteroatoms. The van der Waals surface area contributed by atoms with Crippen LogP contribution < -0.4 is 10.5 Å². The molecule has 2 aromatic carbocycles. The Morgan fingerprint density at radius 3 is 2.44 bits per heavy atom. The van der Waals surface area contributed by atoms with Crippen molar-refractivity contribution < 1.29 is 13.2 Å². The van der Waals surface area contributed by atoms with Crippen LogP contribution in [-0.2, 0) is 27.9 Å². The number of carbonyl (C=O) groups is 1. The summed E-state index contributed by atoms with van der Waals surface area (Å²) in [6.07, 6.45) is 0. The molecule has 0 saturated carbocycles. The first-order chi connectivity index (χ1) is 12.7. The number of para-hydroxylation sites is 2. The van der Waals surface area contributed by atoms with Gasteiger partial charge in [0, 0.05) is 5.69 Å². The standard InChI is InChI=1S/C18H21N5O3S/c1-22(2)11-17-21-15-5-3-4-6-16(15)23(17)12-18(24)20-13-7-9-14(10-8-13)27(19,25)26/h3-10H,11-12H2,1-2H3,(H,20,24)(H2,19,25,26). The quantitative estimate of drug-likeness (QED) is 0.664. The number of hydrogen-bond donors (Lipinski definition) is 2. The number of primary sulfonamides is 1. The number of aromatic nitrogens is 2. The van der Waals surface area contributed by atoms with Crippen LogP contribution in [0.1, 0.15) is 5.82 Å². The van der Waals surface area contributed by atoms with Crippen molar-refractivity contribution in [2.45, 2.75) is 18.0 Å². The van der Waals surface area contributed by atoms with Crippen molar-refractivity contribution in [3.05, 3.63) is 54.4 Å². The second-order valence-corrected chi connectivity index (χ2v) is 8.02. The third kappa shape index (κ3) is 4.51. The molecule has 27 heavy (non-hydrogen) atoms.